The first-order valence-electron chi connectivity index (χ1n) is 5.37. The lowest BCUT2D eigenvalue weighted by Gasteiger charge is -2.16. The molecular formula is C12H10Cl2N2O2S. The van der Waals surface area contributed by atoms with E-state index in [0.717, 1.165) is 5.56 Å². The third-order valence-electron chi connectivity index (χ3n) is 2.55. The minimum atomic E-state index is -1.06. The Kier molecular flexibility index (Phi) is 4.29. The van der Waals surface area contributed by atoms with Gasteiger partial charge in [-0.15, -0.1) is 11.3 Å². The molecule has 0 amide bonds. The molecule has 0 aliphatic heterocycles. The molecule has 19 heavy (non-hydrogen) atoms. The topological polar surface area (TPSA) is 62.2 Å². The van der Waals surface area contributed by atoms with Crippen molar-refractivity contribution in [3.8, 4) is 0 Å². The summed E-state index contributed by atoms with van der Waals surface area (Å²) in [4.78, 5) is 14.8. The first-order chi connectivity index (χ1) is 8.99. The monoisotopic (exact) mass is 316 g/mol. The summed E-state index contributed by atoms with van der Waals surface area (Å²) in [6.45, 7) is 1.89. The minimum absolute atomic E-state index is 0.0157. The van der Waals surface area contributed by atoms with Gasteiger partial charge in [-0.3, -0.25) is 0 Å². The van der Waals surface area contributed by atoms with Gasteiger partial charge in [0.15, 0.2) is 5.69 Å². The summed E-state index contributed by atoms with van der Waals surface area (Å²) in [5.74, 6) is -1.06. The summed E-state index contributed by atoms with van der Waals surface area (Å²) in [6.07, 6.45) is 0. The third-order valence-corrected chi connectivity index (χ3v) is 3.87. The number of rotatable bonds is 4. The molecule has 0 saturated heterocycles. The van der Waals surface area contributed by atoms with Crippen LogP contribution in [0.2, 0.25) is 10.0 Å². The van der Waals surface area contributed by atoms with Crippen molar-refractivity contribution < 1.29 is 9.90 Å². The van der Waals surface area contributed by atoms with Crippen molar-refractivity contribution in [1.82, 2.24) is 4.98 Å². The normalized spacial score (nSPS) is 12.2. The van der Waals surface area contributed by atoms with Gasteiger partial charge in [-0.05, 0) is 24.6 Å². The maximum absolute atomic E-state index is 11.0. The van der Waals surface area contributed by atoms with Crippen LogP contribution in [0, 0.1) is 0 Å². The summed E-state index contributed by atoms with van der Waals surface area (Å²) < 4.78 is 0. The van der Waals surface area contributed by atoms with Crippen LogP contribution in [-0.4, -0.2) is 16.1 Å². The van der Waals surface area contributed by atoms with E-state index in [4.69, 9.17) is 28.3 Å². The number of hydrogen-bond donors (Lipinski definition) is 2. The minimum Gasteiger partial charge on any atom is -0.476 e. The van der Waals surface area contributed by atoms with Gasteiger partial charge < -0.3 is 10.4 Å². The number of halogens is 2. The lowest BCUT2D eigenvalue weighted by Crippen LogP contribution is -2.09. The molecule has 1 atom stereocenters. The van der Waals surface area contributed by atoms with Crippen molar-refractivity contribution in [3.05, 3.63) is 45.0 Å². The second-order valence-electron chi connectivity index (χ2n) is 3.87. The number of benzene rings is 1. The van der Waals surface area contributed by atoms with Gasteiger partial charge in [-0.25, -0.2) is 9.78 Å². The van der Waals surface area contributed by atoms with Crippen LogP contribution < -0.4 is 5.32 Å². The van der Waals surface area contributed by atoms with Gasteiger partial charge in [-0.2, -0.15) is 0 Å². The predicted octanol–water partition coefficient (Wildman–Crippen LogP) is 4.32. The smallest absolute Gasteiger partial charge is 0.357 e. The Labute approximate surface area is 124 Å². The standard InChI is InChI=1S/C12H10Cl2N2O2S/c1-6(8-3-2-7(13)4-9(8)14)16-11-10(12(17)18)15-5-19-11/h2-6,16H,1H3,(H,17,18). The van der Waals surface area contributed by atoms with Crippen molar-refractivity contribution in [1.29, 1.82) is 0 Å². The predicted molar refractivity (Wildman–Crippen MR) is 77.6 cm³/mol. The zero-order chi connectivity index (χ0) is 14.0. The molecule has 1 heterocycles. The van der Waals surface area contributed by atoms with E-state index in [1.807, 2.05) is 13.0 Å². The Morgan fingerprint density at radius 3 is 2.84 bits per heavy atom. The molecule has 1 unspecified atom stereocenters. The highest BCUT2D eigenvalue weighted by molar-refractivity contribution is 7.14. The SMILES string of the molecule is CC(Nc1scnc1C(=O)O)c1ccc(Cl)cc1Cl. The fraction of sp³-hybridized carbons (Fsp3) is 0.167. The number of nitrogens with one attached hydrogen (secondary N) is 1. The summed E-state index contributed by atoms with van der Waals surface area (Å²) in [7, 11) is 0. The van der Waals surface area contributed by atoms with E-state index in [-0.39, 0.29) is 11.7 Å². The maximum Gasteiger partial charge on any atom is 0.357 e. The molecule has 2 rings (SSSR count). The number of carbonyl (C=O) groups is 1. The third kappa shape index (κ3) is 3.18. The zero-order valence-electron chi connectivity index (χ0n) is 9.85. The molecule has 100 valence electrons. The zero-order valence-corrected chi connectivity index (χ0v) is 12.2. The quantitative estimate of drug-likeness (QED) is 0.881. The number of carboxylic acids is 1. The summed E-state index contributed by atoms with van der Waals surface area (Å²) in [5, 5.41) is 13.7. The van der Waals surface area contributed by atoms with Crippen LogP contribution in [0.5, 0.6) is 0 Å². The highest BCUT2D eigenvalue weighted by atomic mass is 35.5. The van der Waals surface area contributed by atoms with Crippen molar-refractivity contribution in [3.63, 3.8) is 0 Å². The van der Waals surface area contributed by atoms with Gasteiger partial charge in [-0.1, -0.05) is 29.3 Å². The number of hydrogen-bond acceptors (Lipinski definition) is 4. The van der Waals surface area contributed by atoms with Gasteiger partial charge >= 0.3 is 5.97 Å². The molecule has 0 aliphatic carbocycles. The maximum atomic E-state index is 11.0. The number of thiazole rings is 1. The molecule has 0 fully saturated rings. The van der Waals surface area contributed by atoms with E-state index in [9.17, 15) is 4.79 Å². The van der Waals surface area contributed by atoms with Crippen LogP contribution in [0.25, 0.3) is 0 Å². The van der Waals surface area contributed by atoms with Crippen LogP contribution in [-0.2, 0) is 0 Å². The Hall–Kier alpha value is -1.30. The highest BCUT2D eigenvalue weighted by Crippen LogP contribution is 2.30. The molecule has 0 bridgehead atoms. The van der Waals surface area contributed by atoms with Crippen LogP contribution >= 0.6 is 34.5 Å². The Bertz CT molecular complexity index is 616. The molecule has 2 N–H and O–H groups in total. The second-order valence-corrected chi connectivity index (χ2v) is 5.57. The largest absolute Gasteiger partial charge is 0.476 e. The first-order valence-corrected chi connectivity index (χ1v) is 7.01. The molecule has 0 radical (unpaired) electrons. The molecule has 0 aliphatic rings. The molecule has 4 nitrogen and oxygen atoms in total. The summed E-state index contributed by atoms with van der Waals surface area (Å²) >= 11 is 13.2. The van der Waals surface area contributed by atoms with Crippen molar-refractivity contribution in [2.24, 2.45) is 0 Å². The lowest BCUT2D eigenvalue weighted by atomic mass is 10.1. The van der Waals surface area contributed by atoms with Gasteiger partial charge in [0.1, 0.15) is 5.00 Å². The van der Waals surface area contributed by atoms with E-state index >= 15 is 0 Å². The average molecular weight is 317 g/mol. The molecule has 0 spiro atoms. The molecule has 7 heteroatoms. The first kappa shape index (κ1) is 14.1. The number of nitrogens with zero attached hydrogens (tertiary/aromatic N) is 1. The molecule has 1 aromatic heterocycles. The Balaban J connectivity index is 2.23. The summed E-state index contributed by atoms with van der Waals surface area (Å²) in [5.41, 5.74) is 2.35. The van der Waals surface area contributed by atoms with Crippen molar-refractivity contribution >= 4 is 45.5 Å². The van der Waals surface area contributed by atoms with E-state index in [2.05, 4.69) is 10.3 Å². The van der Waals surface area contributed by atoms with Crippen LogP contribution in [0.1, 0.15) is 29.0 Å². The van der Waals surface area contributed by atoms with Crippen molar-refractivity contribution in [2.45, 2.75) is 13.0 Å². The van der Waals surface area contributed by atoms with E-state index < -0.39 is 5.97 Å². The van der Waals surface area contributed by atoms with Gasteiger partial charge in [0.05, 0.1) is 11.6 Å². The Morgan fingerprint density at radius 1 is 1.47 bits per heavy atom. The van der Waals surface area contributed by atoms with E-state index in [1.165, 1.54) is 16.8 Å². The van der Waals surface area contributed by atoms with Gasteiger partial charge in [0, 0.05) is 10.0 Å². The number of carboxylic acid groups (broad SMARTS) is 1. The fourth-order valence-corrected chi connectivity index (χ4v) is 2.96. The number of aromatic nitrogens is 1. The molecule has 2 aromatic rings. The van der Waals surface area contributed by atoms with Gasteiger partial charge in [0.2, 0.25) is 0 Å². The van der Waals surface area contributed by atoms with Crippen LogP contribution in [0.4, 0.5) is 5.00 Å². The molecule has 1 aromatic carbocycles. The second kappa shape index (κ2) is 5.77. The molecule has 0 saturated carbocycles. The highest BCUT2D eigenvalue weighted by Gasteiger charge is 2.17. The number of anilines is 1. The fourth-order valence-electron chi connectivity index (χ4n) is 1.63. The van der Waals surface area contributed by atoms with Gasteiger partial charge in [0.25, 0.3) is 0 Å². The van der Waals surface area contributed by atoms with E-state index in [0.29, 0.717) is 15.0 Å². The average Bonchev–Trinajstić information content (AvgIpc) is 2.76. The molecular weight excluding hydrogens is 307 g/mol. The number of aromatic carboxylic acids is 1. The van der Waals surface area contributed by atoms with Crippen LogP contribution in [0.3, 0.4) is 0 Å². The lowest BCUT2D eigenvalue weighted by molar-refractivity contribution is 0.0692. The van der Waals surface area contributed by atoms with Crippen molar-refractivity contribution in [2.75, 3.05) is 5.32 Å². The Morgan fingerprint density at radius 2 is 2.21 bits per heavy atom. The summed E-state index contributed by atoms with van der Waals surface area (Å²) in [6, 6.07) is 5.06. The van der Waals surface area contributed by atoms with E-state index in [1.54, 1.807) is 12.1 Å². The van der Waals surface area contributed by atoms with Crippen LogP contribution in [0.15, 0.2) is 23.7 Å².